The highest BCUT2D eigenvalue weighted by Crippen LogP contribution is 2.34. The summed E-state index contributed by atoms with van der Waals surface area (Å²) in [5.74, 6) is 0. The number of halogens is 2. The van der Waals surface area contributed by atoms with Crippen LogP contribution in [0.25, 0.3) is 0 Å². The minimum absolute atomic E-state index is 0.371. The Morgan fingerprint density at radius 1 is 1.50 bits per heavy atom. The number of ether oxygens (including phenoxy) is 1. The molecule has 0 bridgehead atoms. The van der Waals surface area contributed by atoms with Gasteiger partial charge in [-0.2, -0.15) is 5.10 Å². The number of rotatable bonds is 5. The van der Waals surface area contributed by atoms with E-state index < -0.39 is 0 Å². The van der Waals surface area contributed by atoms with Crippen molar-refractivity contribution in [1.82, 2.24) is 9.78 Å². The maximum Gasteiger partial charge on any atom is 0.0847 e. The van der Waals surface area contributed by atoms with Gasteiger partial charge < -0.3 is 10.5 Å². The second kappa shape index (κ2) is 6.04. The molecule has 0 spiro atoms. The maximum atomic E-state index is 6.22. The van der Waals surface area contributed by atoms with Gasteiger partial charge in [-0.15, -0.1) is 11.3 Å². The lowest BCUT2D eigenvalue weighted by Gasteiger charge is -2.14. The Bertz CT molecular complexity index is 526. The predicted molar refractivity (Wildman–Crippen MR) is 74.5 cm³/mol. The van der Waals surface area contributed by atoms with E-state index in [1.807, 2.05) is 11.4 Å². The molecular weight excluding hydrogens is 293 g/mol. The molecule has 98 valence electrons. The SMILES string of the molecule is COCCn1ncc(Cl)c1C(N)c1sccc1Cl. The van der Waals surface area contributed by atoms with Gasteiger partial charge in [0.05, 0.1) is 41.1 Å². The number of hydrogen-bond acceptors (Lipinski definition) is 4. The number of aromatic nitrogens is 2. The molecule has 4 nitrogen and oxygen atoms in total. The standard InChI is InChI=1S/C11H13Cl2N3OS/c1-17-4-3-16-10(8(13)6-15-16)9(14)11-7(12)2-5-18-11/h2,5-6,9H,3-4,14H2,1H3. The van der Waals surface area contributed by atoms with Crippen molar-refractivity contribution in [3.05, 3.63) is 38.3 Å². The Balaban J connectivity index is 2.32. The fourth-order valence-corrected chi connectivity index (χ4v) is 3.13. The monoisotopic (exact) mass is 305 g/mol. The zero-order valence-corrected chi connectivity index (χ0v) is 12.1. The van der Waals surface area contributed by atoms with E-state index in [2.05, 4.69) is 5.10 Å². The van der Waals surface area contributed by atoms with Crippen LogP contribution in [0.5, 0.6) is 0 Å². The normalized spacial score (nSPS) is 12.9. The fourth-order valence-electron chi connectivity index (χ4n) is 1.69. The van der Waals surface area contributed by atoms with Crippen LogP contribution >= 0.6 is 34.5 Å². The second-order valence-electron chi connectivity index (χ2n) is 3.70. The van der Waals surface area contributed by atoms with Gasteiger partial charge in [-0.05, 0) is 11.4 Å². The number of thiophene rings is 1. The average Bonchev–Trinajstić information content (AvgIpc) is 2.92. The molecule has 2 heterocycles. The summed E-state index contributed by atoms with van der Waals surface area (Å²) in [7, 11) is 1.64. The third-order valence-corrected chi connectivity index (χ3v) is 4.30. The molecule has 0 aliphatic rings. The number of nitrogens with two attached hydrogens (primary N) is 1. The predicted octanol–water partition coefficient (Wildman–Crippen LogP) is 2.95. The molecule has 0 aromatic carbocycles. The zero-order valence-electron chi connectivity index (χ0n) is 9.77. The molecule has 0 aliphatic heterocycles. The van der Waals surface area contributed by atoms with Crippen molar-refractivity contribution in [2.45, 2.75) is 12.6 Å². The van der Waals surface area contributed by atoms with Gasteiger partial charge in [0.1, 0.15) is 0 Å². The number of methoxy groups -OCH3 is 1. The third kappa shape index (κ3) is 2.70. The number of nitrogens with zero attached hydrogens (tertiary/aromatic N) is 2. The smallest absolute Gasteiger partial charge is 0.0847 e. The summed E-state index contributed by atoms with van der Waals surface area (Å²) in [6, 6.07) is 1.45. The van der Waals surface area contributed by atoms with E-state index in [0.717, 1.165) is 10.6 Å². The highest BCUT2D eigenvalue weighted by atomic mass is 35.5. The second-order valence-corrected chi connectivity index (χ2v) is 5.47. The summed E-state index contributed by atoms with van der Waals surface area (Å²) >= 11 is 13.7. The molecule has 2 N–H and O–H groups in total. The van der Waals surface area contributed by atoms with Crippen LogP contribution in [0.3, 0.4) is 0 Å². The molecule has 2 rings (SSSR count). The van der Waals surface area contributed by atoms with E-state index in [1.54, 1.807) is 18.0 Å². The molecule has 2 aromatic heterocycles. The lowest BCUT2D eigenvalue weighted by atomic mass is 10.2. The molecule has 0 saturated heterocycles. The summed E-state index contributed by atoms with van der Waals surface area (Å²) in [5, 5.41) is 7.30. The Hall–Kier alpha value is -0.590. The first-order valence-corrected chi connectivity index (χ1v) is 6.97. The van der Waals surface area contributed by atoms with Crippen molar-refractivity contribution < 1.29 is 4.74 Å². The van der Waals surface area contributed by atoms with Gasteiger partial charge in [0, 0.05) is 12.0 Å². The van der Waals surface area contributed by atoms with Gasteiger partial charge in [0.2, 0.25) is 0 Å². The summed E-state index contributed by atoms with van der Waals surface area (Å²) in [5.41, 5.74) is 6.98. The van der Waals surface area contributed by atoms with Crippen molar-refractivity contribution in [2.24, 2.45) is 5.73 Å². The van der Waals surface area contributed by atoms with Gasteiger partial charge in [0.25, 0.3) is 0 Å². The van der Waals surface area contributed by atoms with Crippen molar-refractivity contribution in [1.29, 1.82) is 0 Å². The van der Waals surface area contributed by atoms with Crippen molar-refractivity contribution in [3.63, 3.8) is 0 Å². The van der Waals surface area contributed by atoms with Crippen LogP contribution < -0.4 is 5.73 Å². The first kappa shape index (κ1) is 13.8. The molecule has 7 heteroatoms. The molecule has 2 aromatic rings. The first-order chi connectivity index (χ1) is 8.65. The highest BCUT2D eigenvalue weighted by molar-refractivity contribution is 7.10. The van der Waals surface area contributed by atoms with Gasteiger partial charge in [0.15, 0.2) is 0 Å². The Morgan fingerprint density at radius 2 is 2.28 bits per heavy atom. The van der Waals surface area contributed by atoms with Crippen molar-refractivity contribution in [3.8, 4) is 0 Å². The summed E-state index contributed by atoms with van der Waals surface area (Å²) in [4.78, 5) is 0.887. The van der Waals surface area contributed by atoms with Gasteiger partial charge in [-0.25, -0.2) is 0 Å². The Morgan fingerprint density at radius 3 is 2.89 bits per heavy atom. The van der Waals surface area contributed by atoms with Gasteiger partial charge in [-0.1, -0.05) is 23.2 Å². The Labute approximate surface area is 119 Å². The molecule has 0 amide bonds. The van der Waals surface area contributed by atoms with Crippen LogP contribution in [0, 0.1) is 0 Å². The van der Waals surface area contributed by atoms with E-state index in [1.165, 1.54) is 11.3 Å². The molecule has 1 unspecified atom stereocenters. The summed E-state index contributed by atoms with van der Waals surface area (Å²) in [6.07, 6.45) is 1.59. The van der Waals surface area contributed by atoms with Crippen LogP contribution in [-0.4, -0.2) is 23.5 Å². The topological polar surface area (TPSA) is 53.1 Å². The number of hydrogen-bond donors (Lipinski definition) is 1. The molecular formula is C11H13Cl2N3OS. The largest absolute Gasteiger partial charge is 0.383 e. The lowest BCUT2D eigenvalue weighted by Crippen LogP contribution is -2.19. The van der Waals surface area contributed by atoms with Crippen molar-refractivity contribution in [2.75, 3.05) is 13.7 Å². The first-order valence-electron chi connectivity index (χ1n) is 5.33. The third-order valence-electron chi connectivity index (χ3n) is 2.56. The van der Waals surface area contributed by atoms with Crippen LogP contribution in [0.4, 0.5) is 0 Å². The fraction of sp³-hybridized carbons (Fsp3) is 0.364. The molecule has 0 radical (unpaired) electrons. The maximum absolute atomic E-state index is 6.22. The van der Waals surface area contributed by atoms with Crippen LogP contribution in [0.2, 0.25) is 10.0 Å². The lowest BCUT2D eigenvalue weighted by molar-refractivity contribution is 0.182. The molecule has 0 fully saturated rings. The highest BCUT2D eigenvalue weighted by Gasteiger charge is 2.21. The van der Waals surface area contributed by atoms with E-state index in [9.17, 15) is 0 Å². The minimum Gasteiger partial charge on any atom is -0.383 e. The Kier molecular flexibility index (Phi) is 4.64. The van der Waals surface area contributed by atoms with Crippen LogP contribution in [0.15, 0.2) is 17.6 Å². The van der Waals surface area contributed by atoms with E-state index in [0.29, 0.717) is 23.2 Å². The van der Waals surface area contributed by atoms with Crippen molar-refractivity contribution >= 4 is 34.5 Å². The molecule has 0 saturated carbocycles. The minimum atomic E-state index is -0.371. The summed E-state index contributed by atoms with van der Waals surface area (Å²) < 4.78 is 6.79. The molecule has 1 atom stereocenters. The zero-order chi connectivity index (χ0) is 13.1. The molecule has 18 heavy (non-hydrogen) atoms. The average molecular weight is 306 g/mol. The van der Waals surface area contributed by atoms with E-state index in [-0.39, 0.29) is 6.04 Å². The summed E-state index contributed by atoms with van der Waals surface area (Å²) in [6.45, 7) is 1.16. The van der Waals surface area contributed by atoms with Gasteiger partial charge in [-0.3, -0.25) is 4.68 Å². The quantitative estimate of drug-likeness (QED) is 0.924. The molecule has 0 aliphatic carbocycles. The van der Waals surface area contributed by atoms with E-state index >= 15 is 0 Å². The van der Waals surface area contributed by atoms with Crippen LogP contribution in [0.1, 0.15) is 16.6 Å². The van der Waals surface area contributed by atoms with E-state index in [4.69, 9.17) is 33.7 Å². The van der Waals surface area contributed by atoms with Crippen LogP contribution in [-0.2, 0) is 11.3 Å². The van der Waals surface area contributed by atoms with Gasteiger partial charge >= 0.3 is 0 Å².